The van der Waals surface area contributed by atoms with Crippen LogP contribution in [0.1, 0.15) is 71.6 Å². The van der Waals surface area contributed by atoms with Gasteiger partial charge in [-0.1, -0.05) is 31.9 Å². The molecule has 1 N–H and O–H groups in total. The number of hydrogen-bond acceptors (Lipinski definition) is 1. The van der Waals surface area contributed by atoms with Crippen molar-refractivity contribution in [1.82, 2.24) is 0 Å². The maximum atomic E-state index is 11.7. The fraction of sp³-hybridized carbons (Fsp3) is 0.850. The second-order valence-corrected chi connectivity index (χ2v) is 8.98. The van der Waals surface area contributed by atoms with Crippen molar-refractivity contribution in [3.8, 4) is 0 Å². The summed E-state index contributed by atoms with van der Waals surface area (Å²) < 4.78 is 0. The number of carbonyl (C=O) groups is 1. The van der Waals surface area contributed by atoms with Crippen LogP contribution in [0.5, 0.6) is 0 Å². The second-order valence-electron chi connectivity index (χ2n) is 8.98. The van der Waals surface area contributed by atoms with Crippen molar-refractivity contribution in [2.24, 2.45) is 34.5 Å². The molecule has 0 heterocycles. The Bertz CT molecular complexity index is 522. The summed E-state index contributed by atoms with van der Waals surface area (Å²) in [6.07, 6.45) is 13.7. The molecular formula is C20H30O2. The fourth-order valence-electron chi connectivity index (χ4n) is 7.10. The van der Waals surface area contributed by atoms with Crippen LogP contribution in [0.2, 0.25) is 0 Å². The van der Waals surface area contributed by atoms with Crippen molar-refractivity contribution in [3.63, 3.8) is 0 Å². The van der Waals surface area contributed by atoms with Gasteiger partial charge in [0.15, 0.2) is 0 Å². The number of aliphatic carboxylic acids is 1. The Hall–Kier alpha value is -0.790. The van der Waals surface area contributed by atoms with E-state index in [1.165, 1.54) is 38.5 Å². The zero-order valence-electron chi connectivity index (χ0n) is 14.1. The van der Waals surface area contributed by atoms with Crippen molar-refractivity contribution in [1.29, 1.82) is 0 Å². The molecule has 0 bridgehead atoms. The molecule has 0 aromatic carbocycles. The molecule has 0 radical (unpaired) electrons. The number of hydrogen-bond donors (Lipinski definition) is 1. The number of rotatable bonds is 1. The third kappa shape index (κ3) is 1.82. The van der Waals surface area contributed by atoms with Crippen LogP contribution in [0.4, 0.5) is 0 Å². The molecule has 122 valence electrons. The normalized spacial score (nSPS) is 50.5. The molecule has 2 nitrogen and oxygen atoms in total. The van der Waals surface area contributed by atoms with Gasteiger partial charge in [-0.25, -0.2) is 0 Å². The van der Waals surface area contributed by atoms with Crippen LogP contribution in [0.15, 0.2) is 11.6 Å². The highest BCUT2D eigenvalue weighted by molar-refractivity contribution is 5.71. The molecule has 0 unspecified atom stereocenters. The summed E-state index contributed by atoms with van der Waals surface area (Å²) in [4.78, 5) is 11.7. The molecule has 22 heavy (non-hydrogen) atoms. The molecule has 6 atom stereocenters. The predicted octanol–water partition coefficient (Wildman–Crippen LogP) is 5.04. The molecule has 0 spiro atoms. The van der Waals surface area contributed by atoms with Gasteiger partial charge in [-0.05, 0) is 80.0 Å². The third-order valence-corrected chi connectivity index (χ3v) is 8.32. The minimum absolute atomic E-state index is 0.0589. The Morgan fingerprint density at radius 3 is 2.73 bits per heavy atom. The average Bonchev–Trinajstić information content (AvgIpc) is 2.84. The van der Waals surface area contributed by atoms with Gasteiger partial charge in [0, 0.05) is 0 Å². The monoisotopic (exact) mass is 302 g/mol. The zero-order chi connectivity index (χ0) is 15.5. The summed E-state index contributed by atoms with van der Waals surface area (Å²) in [7, 11) is 0. The molecule has 3 saturated carbocycles. The molecule has 0 saturated heterocycles. The summed E-state index contributed by atoms with van der Waals surface area (Å²) in [5.74, 6) is 1.57. The van der Waals surface area contributed by atoms with E-state index in [2.05, 4.69) is 19.9 Å². The van der Waals surface area contributed by atoms with E-state index in [9.17, 15) is 9.90 Å². The van der Waals surface area contributed by atoms with Gasteiger partial charge in [0.05, 0.1) is 5.92 Å². The number of fused-ring (bicyclic) bond motifs is 5. The lowest BCUT2D eigenvalue weighted by molar-refractivity contribution is -0.148. The van der Waals surface area contributed by atoms with E-state index >= 15 is 0 Å². The Labute approximate surface area is 134 Å². The van der Waals surface area contributed by atoms with Crippen LogP contribution in [0, 0.1) is 34.5 Å². The lowest BCUT2D eigenvalue weighted by Gasteiger charge is -2.57. The van der Waals surface area contributed by atoms with Gasteiger partial charge in [0.25, 0.3) is 0 Å². The van der Waals surface area contributed by atoms with E-state index in [-0.39, 0.29) is 11.3 Å². The molecule has 0 aromatic heterocycles. The Morgan fingerprint density at radius 1 is 1.14 bits per heavy atom. The van der Waals surface area contributed by atoms with Crippen molar-refractivity contribution in [2.45, 2.75) is 71.6 Å². The highest BCUT2D eigenvalue weighted by atomic mass is 16.4. The van der Waals surface area contributed by atoms with Gasteiger partial charge in [0.2, 0.25) is 0 Å². The van der Waals surface area contributed by atoms with Gasteiger partial charge in [0.1, 0.15) is 0 Å². The quantitative estimate of drug-likeness (QED) is 0.689. The van der Waals surface area contributed by atoms with E-state index in [0.29, 0.717) is 11.3 Å². The standard InChI is InChI=1S/C20H30O2/c1-19-11-4-3-5-13(19)6-7-14-15-8-9-17(18(21)22)20(15,2)12-10-16(14)19/h6,14-17H,3-5,7-12H2,1-2H3,(H,21,22)/t14-,15-,16-,17+,19-,20-/m0/s1. The topological polar surface area (TPSA) is 37.3 Å². The first kappa shape index (κ1) is 14.8. The molecule has 2 heteroatoms. The summed E-state index contributed by atoms with van der Waals surface area (Å²) in [5.41, 5.74) is 2.24. The van der Waals surface area contributed by atoms with Crippen LogP contribution in [-0.2, 0) is 4.79 Å². The maximum absolute atomic E-state index is 11.7. The first-order chi connectivity index (χ1) is 10.5. The fourth-order valence-corrected chi connectivity index (χ4v) is 7.10. The van der Waals surface area contributed by atoms with Gasteiger partial charge in [-0.15, -0.1) is 0 Å². The van der Waals surface area contributed by atoms with Gasteiger partial charge in [-0.2, -0.15) is 0 Å². The van der Waals surface area contributed by atoms with E-state index in [0.717, 1.165) is 31.1 Å². The minimum Gasteiger partial charge on any atom is -0.481 e. The predicted molar refractivity (Wildman–Crippen MR) is 87.4 cm³/mol. The lowest BCUT2D eigenvalue weighted by atomic mass is 9.47. The van der Waals surface area contributed by atoms with Crippen molar-refractivity contribution >= 4 is 5.97 Å². The first-order valence-corrected chi connectivity index (χ1v) is 9.39. The van der Waals surface area contributed by atoms with Crippen molar-refractivity contribution < 1.29 is 9.90 Å². The smallest absolute Gasteiger partial charge is 0.307 e. The highest BCUT2D eigenvalue weighted by Gasteiger charge is 2.59. The number of allylic oxidation sites excluding steroid dienone is 2. The zero-order valence-corrected chi connectivity index (χ0v) is 14.1. The summed E-state index contributed by atoms with van der Waals surface area (Å²) in [6.45, 7) is 4.82. The second kappa shape index (κ2) is 4.85. The molecule has 4 rings (SSSR count). The minimum atomic E-state index is -0.542. The van der Waals surface area contributed by atoms with Crippen LogP contribution in [0.3, 0.4) is 0 Å². The van der Waals surface area contributed by atoms with Crippen molar-refractivity contribution in [2.75, 3.05) is 0 Å². The Kier molecular flexibility index (Phi) is 3.26. The summed E-state index contributed by atoms with van der Waals surface area (Å²) in [6, 6.07) is 0. The maximum Gasteiger partial charge on any atom is 0.307 e. The number of carboxylic acid groups (broad SMARTS) is 1. The average molecular weight is 302 g/mol. The molecule has 3 fully saturated rings. The van der Waals surface area contributed by atoms with Crippen LogP contribution >= 0.6 is 0 Å². The van der Waals surface area contributed by atoms with Gasteiger partial charge < -0.3 is 5.11 Å². The van der Waals surface area contributed by atoms with Gasteiger partial charge in [-0.3, -0.25) is 4.79 Å². The molecule has 0 amide bonds. The van der Waals surface area contributed by atoms with E-state index in [4.69, 9.17) is 0 Å². The molecule has 4 aliphatic rings. The summed E-state index contributed by atoms with van der Waals surface area (Å²) in [5, 5.41) is 9.64. The summed E-state index contributed by atoms with van der Waals surface area (Å²) >= 11 is 0. The molecule has 0 aliphatic heterocycles. The largest absolute Gasteiger partial charge is 0.481 e. The van der Waals surface area contributed by atoms with E-state index in [1.54, 1.807) is 5.57 Å². The Morgan fingerprint density at radius 2 is 1.95 bits per heavy atom. The van der Waals surface area contributed by atoms with E-state index in [1.807, 2.05) is 0 Å². The van der Waals surface area contributed by atoms with Crippen LogP contribution in [-0.4, -0.2) is 11.1 Å². The molecule has 0 aromatic rings. The Balaban J connectivity index is 1.68. The number of carboxylic acids is 1. The highest BCUT2D eigenvalue weighted by Crippen LogP contribution is 2.66. The van der Waals surface area contributed by atoms with E-state index < -0.39 is 5.97 Å². The molecular weight excluding hydrogens is 272 g/mol. The molecule has 4 aliphatic carbocycles. The van der Waals surface area contributed by atoms with Crippen LogP contribution in [0.25, 0.3) is 0 Å². The van der Waals surface area contributed by atoms with Gasteiger partial charge >= 0.3 is 5.97 Å². The third-order valence-electron chi connectivity index (χ3n) is 8.32. The van der Waals surface area contributed by atoms with Crippen LogP contribution < -0.4 is 0 Å². The lowest BCUT2D eigenvalue weighted by Crippen LogP contribution is -2.50. The first-order valence-electron chi connectivity index (χ1n) is 9.39. The SMILES string of the molecule is C[C@]12CC[C@H]3[C@@H](CC=C4CCCC[C@@]43C)[C@@H]1CC[C@@H]2C(=O)O. The van der Waals surface area contributed by atoms with Crippen molar-refractivity contribution in [3.05, 3.63) is 11.6 Å².